The first kappa shape index (κ1) is 10.5. The third-order valence-corrected chi connectivity index (χ3v) is 3.40. The predicted molar refractivity (Wildman–Crippen MR) is 67.5 cm³/mol. The van der Waals surface area contributed by atoms with Crippen molar-refractivity contribution in [1.29, 1.82) is 0 Å². The number of nitrogens with zero attached hydrogens (tertiary/aromatic N) is 3. The molecule has 0 unspecified atom stereocenters. The number of imidazole rings is 1. The SMILES string of the molecule is CC(C)(C)c1cnc2c(c1)CCc1cncn1-2. The minimum Gasteiger partial charge on any atom is -0.287 e. The van der Waals surface area contributed by atoms with Gasteiger partial charge in [-0.3, -0.25) is 4.57 Å². The number of rotatable bonds is 0. The topological polar surface area (TPSA) is 30.7 Å². The van der Waals surface area contributed by atoms with E-state index in [2.05, 4.69) is 41.4 Å². The van der Waals surface area contributed by atoms with Gasteiger partial charge in [0.15, 0.2) is 0 Å². The van der Waals surface area contributed by atoms with Crippen LogP contribution in [0.1, 0.15) is 37.6 Å². The monoisotopic (exact) mass is 227 g/mol. The molecule has 0 saturated carbocycles. The van der Waals surface area contributed by atoms with E-state index in [1.54, 1.807) is 0 Å². The van der Waals surface area contributed by atoms with Crippen molar-refractivity contribution >= 4 is 0 Å². The third-order valence-electron chi connectivity index (χ3n) is 3.40. The van der Waals surface area contributed by atoms with Crippen LogP contribution in [0, 0.1) is 0 Å². The van der Waals surface area contributed by atoms with Gasteiger partial charge >= 0.3 is 0 Å². The van der Waals surface area contributed by atoms with Crippen LogP contribution in [-0.2, 0) is 18.3 Å². The van der Waals surface area contributed by atoms with Crippen molar-refractivity contribution in [3.8, 4) is 5.82 Å². The Hall–Kier alpha value is -1.64. The molecule has 3 heteroatoms. The van der Waals surface area contributed by atoms with Crippen molar-refractivity contribution < 1.29 is 0 Å². The number of aryl methyl sites for hydroxylation is 2. The lowest BCUT2D eigenvalue weighted by molar-refractivity contribution is 0.584. The lowest BCUT2D eigenvalue weighted by Crippen LogP contribution is -2.17. The van der Waals surface area contributed by atoms with Gasteiger partial charge in [-0.15, -0.1) is 0 Å². The number of pyridine rings is 1. The molecule has 2 aromatic heterocycles. The van der Waals surface area contributed by atoms with Crippen LogP contribution < -0.4 is 0 Å². The Balaban J connectivity index is 2.14. The first-order valence-corrected chi connectivity index (χ1v) is 6.07. The highest BCUT2D eigenvalue weighted by Gasteiger charge is 2.20. The number of aromatic nitrogens is 3. The summed E-state index contributed by atoms with van der Waals surface area (Å²) in [6, 6.07) is 2.30. The van der Waals surface area contributed by atoms with E-state index in [-0.39, 0.29) is 5.41 Å². The summed E-state index contributed by atoms with van der Waals surface area (Å²) in [5.41, 5.74) is 4.06. The van der Waals surface area contributed by atoms with Crippen LogP contribution in [0.25, 0.3) is 5.82 Å². The zero-order chi connectivity index (χ0) is 12.0. The molecular formula is C14H17N3. The van der Waals surface area contributed by atoms with E-state index < -0.39 is 0 Å². The Morgan fingerprint density at radius 1 is 1.18 bits per heavy atom. The standard InChI is InChI=1S/C14H17N3/c1-14(2,3)11-6-10-4-5-12-8-15-9-17(12)13(10)16-7-11/h6-9H,4-5H2,1-3H3. The van der Waals surface area contributed by atoms with Crippen LogP contribution in [0.2, 0.25) is 0 Å². The van der Waals surface area contributed by atoms with Crippen molar-refractivity contribution in [3.63, 3.8) is 0 Å². The highest BCUT2D eigenvalue weighted by atomic mass is 15.1. The molecule has 0 radical (unpaired) electrons. The Labute approximate surface area is 102 Å². The molecule has 3 nitrogen and oxygen atoms in total. The molecule has 0 amide bonds. The average molecular weight is 227 g/mol. The van der Waals surface area contributed by atoms with E-state index in [9.17, 15) is 0 Å². The lowest BCUT2D eigenvalue weighted by Gasteiger charge is -2.23. The molecule has 3 rings (SSSR count). The molecule has 0 spiro atoms. The molecule has 0 N–H and O–H groups in total. The van der Waals surface area contributed by atoms with E-state index in [0.29, 0.717) is 0 Å². The molecule has 0 aromatic carbocycles. The highest BCUT2D eigenvalue weighted by Crippen LogP contribution is 2.28. The Morgan fingerprint density at radius 3 is 2.76 bits per heavy atom. The normalized spacial score (nSPS) is 14.3. The summed E-state index contributed by atoms with van der Waals surface area (Å²) in [5, 5.41) is 0. The molecule has 1 aliphatic heterocycles. The van der Waals surface area contributed by atoms with Gasteiger partial charge in [0.05, 0.1) is 0 Å². The predicted octanol–water partition coefficient (Wildman–Crippen LogP) is 2.66. The quantitative estimate of drug-likeness (QED) is 0.692. The Bertz CT molecular complexity index is 561. The fraction of sp³-hybridized carbons (Fsp3) is 0.429. The highest BCUT2D eigenvalue weighted by molar-refractivity contribution is 5.42. The second kappa shape index (κ2) is 3.42. The molecule has 2 aromatic rings. The fourth-order valence-electron chi connectivity index (χ4n) is 2.28. The third kappa shape index (κ3) is 1.66. The van der Waals surface area contributed by atoms with Crippen molar-refractivity contribution in [2.75, 3.05) is 0 Å². The van der Waals surface area contributed by atoms with Gasteiger partial charge in [0.2, 0.25) is 0 Å². The minimum atomic E-state index is 0.164. The smallest absolute Gasteiger partial charge is 0.141 e. The van der Waals surface area contributed by atoms with Crippen molar-refractivity contribution in [2.24, 2.45) is 0 Å². The first-order chi connectivity index (χ1) is 8.05. The van der Waals surface area contributed by atoms with Gasteiger partial charge in [-0.1, -0.05) is 26.8 Å². The first-order valence-electron chi connectivity index (χ1n) is 6.07. The van der Waals surface area contributed by atoms with E-state index in [0.717, 1.165) is 18.7 Å². The maximum absolute atomic E-state index is 4.62. The van der Waals surface area contributed by atoms with E-state index in [1.165, 1.54) is 16.8 Å². The molecular weight excluding hydrogens is 210 g/mol. The molecule has 17 heavy (non-hydrogen) atoms. The van der Waals surface area contributed by atoms with Gasteiger partial charge < -0.3 is 0 Å². The summed E-state index contributed by atoms with van der Waals surface area (Å²) in [6.07, 6.45) is 7.91. The maximum atomic E-state index is 4.62. The average Bonchev–Trinajstić information content (AvgIpc) is 2.75. The molecule has 0 bridgehead atoms. The summed E-state index contributed by atoms with van der Waals surface area (Å²) < 4.78 is 2.10. The fourth-order valence-corrected chi connectivity index (χ4v) is 2.28. The van der Waals surface area contributed by atoms with Gasteiger partial charge in [0.25, 0.3) is 0 Å². The molecule has 0 saturated heterocycles. The van der Waals surface area contributed by atoms with Crippen LogP contribution in [0.3, 0.4) is 0 Å². The molecule has 0 atom stereocenters. The van der Waals surface area contributed by atoms with Gasteiger partial charge in [0, 0.05) is 18.1 Å². The Morgan fingerprint density at radius 2 is 2.00 bits per heavy atom. The maximum Gasteiger partial charge on any atom is 0.141 e. The number of fused-ring (bicyclic) bond motifs is 3. The lowest BCUT2D eigenvalue weighted by atomic mass is 9.86. The largest absolute Gasteiger partial charge is 0.287 e. The van der Waals surface area contributed by atoms with E-state index in [1.807, 2.05) is 18.7 Å². The molecule has 1 aliphatic rings. The second-order valence-electron chi connectivity index (χ2n) is 5.71. The molecule has 88 valence electrons. The molecule has 3 heterocycles. The molecule has 0 aliphatic carbocycles. The van der Waals surface area contributed by atoms with Crippen LogP contribution in [0.4, 0.5) is 0 Å². The Kier molecular flexibility index (Phi) is 2.12. The van der Waals surface area contributed by atoms with Gasteiger partial charge in [-0.05, 0) is 29.4 Å². The van der Waals surface area contributed by atoms with Crippen molar-refractivity contribution in [1.82, 2.24) is 14.5 Å². The summed E-state index contributed by atoms with van der Waals surface area (Å²) in [4.78, 5) is 8.82. The molecule has 0 fully saturated rings. The van der Waals surface area contributed by atoms with E-state index in [4.69, 9.17) is 0 Å². The van der Waals surface area contributed by atoms with Crippen LogP contribution in [0.15, 0.2) is 24.8 Å². The van der Waals surface area contributed by atoms with Crippen LogP contribution in [-0.4, -0.2) is 14.5 Å². The minimum absolute atomic E-state index is 0.164. The number of hydrogen-bond acceptors (Lipinski definition) is 2. The second-order valence-corrected chi connectivity index (χ2v) is 5.71. The van der Waals surface area contributed by atoms with Gasteiger partial charge in [-0.25, -0.2) is 9.97 Å². The summed E-state index contributed by atoms with van der Waals surface area (Å²) >= 11 is 0. The van der Waals surface area contributed by atoms with Gasteiger partial charge in [-0.2, -0.15) is 0 Å². The summed E-state index contributed by atoms with van der Waals surface area (Å²) in [5.74, 6) is 1.05. The van der Waals surface area contributed by atoms with Crippen molar-refractivity contribution in [2.45, 2.75) is 39.0 Å². The zero-order valence-corrected chi connectivity index (χ0v) is 10.6. The van der Waals surface area contributed by atoms with Crippen LogP contribution in [0.5, 0.6) is 0 Å². The summed E-state index contributed by atoms with van der Waals surface area (Å²) in [7, 11) is 0. The van der Waals surface area contributed by atoms with Gasteiger partial charge in [0.1, 0.15) is 12.1 Å². The number of hydrogen-bond donors (Lipinski definition) is 0. The summed E-state index contributed by atoms with van der Waals surface area (Å²) in [6.45, 7) is 6.67. The zero-order valence-electron chi connectivity index (χ0n) is 10.6. The van der Waals surface area contributed by atoms with Crippen LogP contribution >= 0.6 is 0 Å². The van der Waals surface area contributed by atoms with E-state index >= 15 is 0 Å². The van der Waals surface area contributed by atoms with Crippen molar-refractivity contribution in [3.05, 3.63) is 41.6 Å².